The molecule has 0 saturated heterocycles. The van der Waals surface area contributed by atoms with E-state index in [-0.39, 0.29) is 18.3 Å². The summed E-state index contributed by atoms with van der Waals surface area (Å²) in [6, 6.07) is 37.2. The lowest BCUT2D eigenvalue weighted by Crippen LogP contribution is -2.21. The van der Waals surface area contributed by atoms with Crippen molar-refractivity contribution in [2.75, 3.05) is 5.01 Å². The van der Waals surface area contributed by atoms with Gasteiger partial charge in [0.1, 0.15) is 23.9 Å². The SMILES string of the molecule is O=C1/C(=C\c2c(OCc3ccc(F)cc3)ccc3ccccc23)C(c2ccccc2)=NN1c1ccccc1. The first kappa shape index (κ1) is 23.4. The fraction of sp³-hybridized carbons (Fsp3) is 0.0303. The molecule has 0 bridgehead atoms. The van der Waals surface area contributed by atoms with Gasteiger partial charge in [0.05, 0.1) is 11.3 Å². The molecule has 0 atom stereocenters. The van der Waals surface area contributed by atoms with Gasteiger partial charge in [0.25, 0.3) is 5.91 Å². The molecular weight excluding hydrogens is 475 g/mol. The summed E-state index contributed by atoms with van der Waals surface area (Å²) in [4.78, 5) is 13.8. The van der Waals surface area contributed by atoms with E-state index in [1.165, 1.54) is 17.1 Å². The second-order valence-electron chi connectivity index (χ2n) is 8.94. The van der Waals surface area contributed by atoms with E-state index < -0.39 is 0 Å². The third kappa shape index (κ3) is 4.58. The van der Waals surface area contributed by atoms with Gasteiger partial charge in [-0.15, -0.1) is 0 Å². The standard InChI is InChI=1S/C33H23FN2O2/c34-26-18-15-23(16-19-26)22-38-31-20-17-24-9-7-8-14-28(24)29(31)21-30-32(25-10-3-1-4-11-25)35-36(33(30)37)27-12-5-2-6-13-27/h1-21H,22H2/b30-21-. The largest absolute Gasteiger partial charge is 0.488 e. The molecular formula is C33H23FN2O2. The molecule has 0 aliphatic carbocycles. The van der Waals surface area contributed by atoms with Crippen molar-refractivity contribution in [3.05, 3.63) is 149 Å². The monoisotopic (exact) mass is 498 g/mol. The van der Waals surface area contributed by atoms with Crippen LogP contribution < -0.4 is 9.75 Å². The molecule has 0 N–H and O–H groups in total. The topological polar surface area (TPSA) is 41.9 Å². The Balaban J connectivity index is 1.48. The zero-order chi connectivity index (χ0) is 25.9. The van der Waals surface area contributed by atoms with Crippen LogP contribution in [0, 0.1) is 5.82 Å². The average molecular weight is 499 g/mol. The molecule has 184 valence electrons. The summed E-state index contributed by atoms with van der Waals surface area (Å²) in [5.41, 5.74) is 4.24. The van der Waals surface area contributed by atoms with Crippen LogP contribution in [0.2, 0.25) is 0 Å². The molecule has 0 spiro atoms. The summed E-state index contributed by atoms with van der Waals surface area (Å²) >= 11 is 0. The van der Waals surface area contributed by atoms with Crippen molar-refractivity contribution >= 4 is 34.2 Å². The molecule has 0 radical (unpaired) electrons. The summed E-state index contributed by atoms with van der Waals surface area (Å²) in [5, 5.41) is 8.18. The Morgan fingerprint density at radius 2 is 1.45 bits per heavy atom. The molecule has 0 saturated carbocycles. The van der Waals surface area contributed by atoms with Gasteiger partial charge in [-0.3, -0.25) is 4.79 Å². The van der Waals surface area contributed by atoms with Gasteiger partial charge in [-0.1, -0.05) is 91.0 Å². The van der Waals surface area contributed by atoms with E-state index in [4.69, 9.17) is 9.84 Å². The first-order valence-electron chi connectivity index (χ1n) is 12.3. The number of halogens is 1. The second-order valence-corrected chi connectivity index (χ2v) is 8.94. The number of hydrogen-bond donors (Lipinski definition) is 0. The second kappa shape index (κ2) is 10.1. The van der Waals surface area contributed by atoms with Crippen molar-refractivity contribution in [1.29, 1.82) is 0 Å². The van der Waals surface area contributed by atoms with E-state index in [0.29, 0.717) is 22.7 Å². The lowest BCUT2D eigenvalue weighted by molar-refractivity contribution is -0.114. The number of anilines is 1. The Bertz CT molecular complexity index is 1680. The molecule has 0 aromatic heterocycles. The maximum atomic E-state index is 13.8. The summed E-state index contributed by atoms with van der Waals surface area (Å²) < 4.78 is 19.6. The summed E-state index contributed by atoms with van der Waals surface area (Å²) in [7, 11) is 0. The van der Waals surface area contributed by atoms with Crippen molar-refractivity contribution in [2.24, 2.45) is 5.10 Å². The number of rotatable bonds is 6. The highest BCUT2D eigenvalue weighted by molar-refractivity contribution is 6.37. The van der Waals surface area contributed by atoms with Crippen molar-refractivity contribution in [1.82, 2.24) is 0 Å². The molecule has 4 nitrogen and oxygen atoms in total. The van der Waals surface area contributed by atoms with Gasteiger partial charge >= 0.3 is 0 Å². The van der Waals surface area contributed by atoms with Crippen molar-refractivity contribution in [3.63, 3.8) is 0 Å². The number of para-hydroxylation sites is 1. The van der Waals surface area contributed by atoms with Crippen LogP contribution in [0.5, 0.6) is 5.75 Å². The van der Waals surface area contributed by atoms with Crippen LogP contribution >= 0.6 is 0 Å². The minimum Gasteiger partial charge on any atom is -0.488 e. The van der Waals surface area contributed by atoms with Gasteiger partial charge in [0.2, 0.25) is 0 Å². The average Bonchev–Trinajstić information content (AvgIpc) is 3.30. The van der Waals surface area contributed by atoms with Crippen LogP contribution in [-0.4, -0.2) is 11.6 Å². The number of carbonyl (C=O) groups excluding carboxylic acids is 1. The van der Waals surface area contributed by atoms with Gasteiger partial charge in [-0.25, -0.2) is 4.39 Å². The van der Waals surface area contributed by atoms with E-state index >= 15 is 0 Å². The molecule has 5 aromatic rings. The normalized spacial score (nSPS) is 14.2. The summed E-state index contributed by atoms with van der Waals surface area (Å²) in [6.07, 6.45) is 1.87. The number of hydrazone groups is 1. The molecule has 5 aromatic carbocycles. The Hall–Kier alpha value is -5.03. The molecule has 1 amide bonds. The Labute approximate surface area is 219 Å². The van der Waals surface area contributed by atoms with Gasteiger partial charge in [-0.2, -0.15) is 10.1 Å². The Morgan fingerprint density at radius 1 is 0.763 bits per heavy atom. The maximum Gasteiger partial charge on any atom is 0.281 e. The minimum absolute atomic E-state index is 0.215. The number of nitrogens with zero attached hydrogens (tertiary/aromatic N) is 2. The zero-order valence-corrected chi connectivity index (χ0v) is 20.4. The fourth-order valence-electron chi connectivity index (χ4n) is 4.53. The predicted octanol–water partition coefficient (Wildman–Crippen LogP) is 7.39. The van der Waals surface area contributed by atoms with Crippen molar-refractivity contribution < 1.29 is 13.9 Å². The lowest BCUT2D eigenvalue weighted by atomic mass is 9.97. The van der Waals surface area contributed by atoms with E-state index in [1.54, 1.807) is 12.1 Å². The number of hydrogen-bond acceptors (Lipinski definition) is 3. The molecule has 1 aliphatic rings. The van der Waals surface area contributed by atoms with Crippen molar-refractivity contribution in [2.45, 2.75) is 6.61 Å². The Morgan fingerprint density at radius 3 is 2.21 bits per heavy atom. The first-order chi connectivity index (χ1) is 18.7. The van der Waals surface area contributed by atoms with E-state index in [2.05, 4.69) is 0 Å². The number of fused-ring (bicyclic) bond motifs is 1. The smallest absolute Gasteiger partial charge is 0.281 e. The van der Waals surface area contributed by atoms with E-state index in [9.17, 15) is 9.18 Å². The summed E-state index contributed by atoms with van der Waals surface area (Å²) in [5.74, 6) is 0.117. The molecule has 1 aliphatic heterocycles. The number of benzene rings is 5. The van der Waals surface area contributed by atoms with Crippen LogP contribution in [0.3, 0.4) is 0 Å². The maximum absolute atomic E-state index is 13.8. The number of amides is 1. The first-order valence-corrected chi connectivity index (χ1v) is 12.3. The van der Waals surface area contributed by atoms with Crippen LogP contribution in [0.4, 0.5) is 10.1 Å². The predicted molar refractivity (Wildman–Crippen MR) is 150 cm³/mol. The highest BCUT2D eigenvalue weighted by Crippen LogP contribution is 2.34. The third-order valence-electron chi connectivity index (χ3n) is 6.45. The third-order valence-corrected chi connectivity index (χ3v) is 6.45. The molecule has 38 heavy (non-hydrogen) atoms. The van der Waals surface area contributed by atoms with Gasteiger partial charge in [0, 0.05) is 11.1 Å². The lowest BCUT2D eigenvalue weighted by Gasteiger charge is -2.14. The zero-order valence-electron chi connectivity index (χ0n) is 20.4. The van der Waals surface area contributed by atoms with E-state index in [0.717, 1.165) is 27.5 Å². The van der Waals surface area contributed by atoms with Crippen molar-refractivity contribution in [3.8, 4) is 5.75 Å². The van der Waals surface area contributed by atoms with Crippen LogP contribution in [0.1, 0.15) is 16.7 Å². The minimum atomic E-state index is -0.291. The van der Waals surface area contributed by atoms with Gasteiger partial charge < -0.3 is 4.74 Å². The molecule has 1 heterocycles. The quantitative estimate of drug-likeness (QED) is 0.229. The highest BCUT2D eigenvalue weighted by atomic mass is 19.1. The highest BCUT2D eigenvalue weighted by Gasteiger charge is 2.32. The van der Waals surface area contributed by atoms with Gasteiger partial charge in [0.15, 0.2) is 0 Å². The molecule has 0 unspecified atom stereocenters. The van der Waals surface area contributed by atoms with Gasteiger partial charge in [-0.05, 0) is 52.7 Å². The fourth-order valence-corrected chi connectivity index (χ4v) is 4.53. The number of ether oxygens (including phenoxy) is 1. The van der Waals surface area contributed by atoms with Crippen LogP contribution in [0.25, 0.3) is 16.8 Å². The van der Waals surface area contributed by atoms with Crippen LogP contribution in [0.15, 0.2) is 132 Å². The molecule has 0 fully saturated rings. The van der Waals surface area contributed by atoms with Crippen LogP contribution in [-0.2, 0) is 11.4 Å². The number of carbonyl (C=O) groups is 1. The molecule has 6 rings (SSSR count). The Kier molecular flexibility index (Phi) is 6.24. The van der Waals surface area contributed by atoms with E-state index in [1.807, 2.05) is 103 Å². The summed E-state index contributed by atoms with van der Waals surface area (Å²) in [6.45, 7) is 0.262. The molecule has 5 heteroatoms.